The lowest BCUT2D eigenvalue weighted by atomic mass is 9.83. The fourth-order valence-electron chi connectivity index (χ4n) is 3.92. The van der Waals surface area contributed by atoms with Gasteiger partial charge in [0.05, 0.1) is 35.6 Å². The summed E-state index contributed by atoms with van der Waals surface area (Å²) in [6.07, 6.45) is 3.67. The first kappa shape index (κ1) is 21.4. The number of piperidine rings is 1. The number of carbonyl (C=O) groups excluding carboxylic acids is 1. The normalized spacial score (nSPS) is 21.7. The lowest BCUT2D eigenvalue weighted by Crippen LogP contribution is -2.52. The van der Waals surface area contributed by atoms with E-state index in [1.807, 2.05) is 36.9 Å². The molecule has 1 aromatic carbocycles. The first-order valence-electron chi connectivity index (χ1n) is 10.2. The molecular formula is C21H31ClN2O4. The summed E-state index contributed by atoms with van der Waals surface area (Å²) >= 11 is 6.23. The number of nitrogens with one attached hydrogen (secondary N) is 1. The molecule has 7 heteroatoms. The van der Waals surface area contributed by atoms with Crippen LogP contribution in [0.3, 0.4) is 0 Å². The third-order valence-electron chi connectivity index (χ3n) is 5.56. The highest BCUT2D eigenvalue weighted by atomic mass is 35.5. The molecule has 6 nitrogen and oxygen atoms in total. The maximum Gasteiger partial charge on any atom is 0.321 e. The Kier molecular flexibility index (Phi) is 7.57. The average Bonchev–Trinajstić information content (AvgIpc) is 2.68. The number of hydrogen-bond acceptors (Lipinski definition) is 4. The van der Waals surface area contributed by atoms with Gasteiger partial charge in [-0.2, -0.15) is 0 Å². The molecule has 28 heavy (non-hydrogen) atoms. The molecule has 2 amide bonds. The van der Waals surface area contributed by atoms with Gasteiger partial charge in [0.1, 0.15) is 0 Å². The molecule has 2 heterocycles. The molecule has 2 aliphatic rings. The van der Waals surface area contributed by atoms with Gasteiger partial charge in [0.15, 0.2) is 0 Å². The number of amides is 2. The predicted octanol–water partition coefficient (Wildman–Crippen LogP) is 4.25. The number of likely N-dealkylation sites (tertiary alicyclic amines) is 1. The van der Waals surface area contributed by atoms with Crippen LogP contribution in [0.5, 0.6) is 0 Å². The molecule has 2 aliphatic heterocycles. The fourth-order valence-corrected chi connectivity index (χ4v) is 4.21. The van der Waals surface area contributed by atoms with Crippen molar-refractivity contribution in [1.82, 2.24) is 4.90 Å². The highest BCUT2D eigenvalue weighted by Gasteiger charge is 2.41. The minimum Gasteiger partial charge on any atom is -0.379 e. The molecule has 2 saturated heterocycles. The van der Waals surface area contributed by atoms with Gasteiger partial charge in [0.25, 0.3) is 0 Å². The molecule has 1 spiro atoms. The van der Waals surface area contributed by atoms with Crippen LogP contribution in [0.1, 0.15) is 38.2 Å². The number of halogens is 1. The van der Waals surface area contributed by atoms with Crippen LogP contribution in [0.4, 0.5) is 10.5 Å². The predicted molar refractivity (Wildman–Crippen MR) is 110 cm³/mol. The second-order valence-corrected chi connectivity index (χ2v) is 8.02. The van der Waals surface area contributed by atoms with Crippen LogP contribution < -0.4 is 5.32 Å². The number of aryl methyl sites for hydroxylation is 1. The third kappa shape index (κ3) is 5.60. The van der Waals surface area contributed by atoms with Crippen molar-refractivity contribution < 1.29 is 19.0 Å². The molecule has 1 atom stereocenters. The molecule has 0 aromatic heterocycles. The third-order valence-corrected chi connectivity index (χ3v) is 5.87. The first-order chi connectivity index (χ1) is 13.5. The number of carbonyl (C=O) groups is 1. The fraction of sp³-hybridized carbons (Fsp3) is 0.667. The van der Waals surface area contributed by atoms with Gasteiger partial charge in [0.2, 0.25) is 0 Å². The van der Waals surface area contributed by atoms with Crippen molar-refractivity contribution in [3.63, 3.8) is 0 Å². The zero-order valence-electron chi connectivity index (χ0n) is 16.8. The minimum absolute atomic E-state index is 0.110. The molecule has 1 unspecified atom stereocenters. The number of urea groups is 1. The second-order valence-electron chi connectivity index (χ2n) is 7.61. The number of anilines is 1. The highest BCUT2D eigenvalue weighted by molar-refractivity contribution is 6.33. The van der Waals surface area contributed by atoms with Crippen LogP contribution in [0, 0.1) is 6.92 Å². The molecule has 2 fully saturated rings. The van der Waals surface area contributed by atoms with Crippen molar-refractivity contribution in [2.24, 2.45) is 0 Å². The van der Waals surface area contributed by atoms with Gasteiger partial charge in [-0.05, 0) is 50.8 Å². The Bertz CT molecular complexity index is 662. The molecule has 1 aromatic rings. The van der Waals surface area contributed by atoms with E-state index in [1.165, 1.54) is 0 Å². The summed E-state index contributed by atoms with van der Waals surface area (Å²) in [4.78, 5) is 14.5. The second kappa shape index (κ2) is 9.92. The van der Waals surface area contributed by atoms with E-state index in [0.717, 1.165) is 31.2 Å². The minimum atomic E-state index is -0.174. The summed E-state index contributed by atoms with van der Waals surface area (Å²) in [5, 5.41) is 3.48. The molecule has 0 aliphatic carbocycles. The summed E-state index contributed by atoms with van der Waals surface area (Å²) in [7, 11) is 0. The first-order valence-corrected chi connectivity index (χ1v) is 10.5. The van der Waals surface area contributed by atoms with Crippen molar-refractivity contribution in [3.05, 3.63) is 28.8 Å². The van der Waals surface area contributed by atoms with E-state index in [9.17, 15) is 4.79 Å². The molecule has 1 N–H and O–H groups in total. The topological polar surface area (TPSA) is 60.0 Å². The Labute approximate surface area is 172 Å². The number of benzene rings is 1. The summed E-state index contributed by atoms with van der Waals surface area (Å²) in [5.74, 6) is 0. The van der Waals surface area contributed by atoms with Crippen molar-refractivity contribution in [2.45, 2.75) is 51.2 Å². The highest BCUT2D eigenvalue weighted by Crippen LogP contribution is 2.36. The van der Waals surface area contributed by atoms with Crippen molar-refractivity contribution >= 4 is 23.3 Å². The van der Waals surface area contributed by atoms with Crippen LogP contribution in [0.15, 0.2) is 18.2 Å². The van der Waals surface area contributed by atoms with Gasteiger partial charge in [0, 0.05) is 32.7 Å². The largest absolute Gasteiger partial charge is 0.379 e. The molecule has 0 saturated carbocycles. The van der Waals surface area contributed by atoms with Crippen LogP contribution in [-0.2, 0) is 14.2 Å². The van der Waals surface area contributed by atoms with E-state index >= 15 is 0 Å². The van der Waals surface area contributed by atoms with Crippen LogP contribution in [0.25, 0.3) is 0 Å². The summed E-state index contributed by atoms with van der Waals surface area (Å²) in [5.41, 5.74) is 1.54. The van der Waals surface area contributed by atoms with E-state index in [4.69, 9.17) is 25.8 Å². The Morgan fingerprint density at radius 3 is 2.86 bits per heavy atom. The van der Waals surface area contributed by atoms with Gasteiger partial charge in [-0.25, -0.2) is 4.79 Å². The van der Waals surface area contributed by atoms with Gasteiger partial charge in [-0.3, -0.25) is 0 Å². The van der Waals surface area contributed by atoms with E-state index < -0.39 is 0 Å². The maximum absolute atomic E-state index is 12.6. The van der Waals surface area contributed by atoms with Gasteiger partial charge >= 0.3 is 6.03 Å². The summed E-state index contributed by atoms with van der Waals surface area (Å²) in [6.45, 7) is 7.98. The zero-order valence-corrected chi connectivity index (χ0v) is 17.6. The molecule has 0 bridgehead atoms. The summed E-state index contributed by atoms with van der Waals surface area (Å²) < 4.78 is 17.5. The van der Waals surface area contributed by atoms with Crippen LogP contribution in [0.2, 0.25) is 5.02 Å². The van der Waals surface area contributed by atoms with Crippen molar-refractivity contribution in [2.75, 3.05) is 44.8 Å². The Hall–Kier alpha value is -1.34. The quantitative estimate of drug-likeness (QED) is 0.712. The number of nitrogens with zero attached hydrogens (tertiary/aromatic N) is 1. The SMILES string of the molecule is CCOCCOC1CCOC2(CCN(C(=O)Nc3ccc(C)cc3Cl)CC2)C1. The monoisotopic (exact) mass is 410 g/mol. The van der Waals surface area contributed by atoms with Crippen molar-refractivity contribution in [3.8, 4) is 0 Å². The number of hydrogen-bond donors (Lipinski definition) is 1. The Morgan fingerprint density at radius 2 is 2.14 bits per heavy atom. The van der Waals surface area contributed by atoms with Crippen LogP contribution >= 0.6 is 11.6 Å². The molecule has 3 rings (SSSR count). The lowest BCUT2D eigenvalue weighted by Gasteiger charge is -2.46. The summed E-state index contributed by atoms with van der Waals surface area (Å²) in [6, 6.07) is 5.52. The van der Waals surface area contributed by atoms with Gasteiger partial charge < -0.3 is 24.4 Å². The average molecular weight is 411 g/mol. The standard InChI is InChI=1S/C21H31ClN2O4/c1-3-26-12-13-27-17-6-11-28-21(15-17)7-9-24(10-8-21)20(25)23-19-5-4-16(2)14-18(19)22/h4-5,14,17H,3,6-13,15H2,1-2H3,(H,23,25). The Morgan fingerprint density at radius 1 is 1.36 bits per heavy atom. The zero-order chi connectivity index (χ0) is 20.0. The van der Waals surface area contributed by atoms with Gasteiger partial charge in [-0.1, -0.05) is 17.7 Å². The smallest absolute Gasteiger partial charge is 0.321 e. The van der Waals surface area contributed by atoms with E-state index in [-0.39, 0.29) is 17.7 Å². The van der Waals surface area contributed by atoms with Crippen LogP contribution in [-0.4, -0.2) is 62.2 Å². The molecular weight excluding hydrogens is 380 g/mol. The van der Waals surface area contributed by atoms with E-state index in [2.05, 4.69) is 5.32 Å². The van der Waals surface area contributed by atoms with E-state index in [0.29, 0.717) is 50.2 Å². The number of rotatable bonds is 6. The van der Waals surface area contributed by atoms with E-state index in [1.54, 1.807) is 0 Å². The number of ether oxygens (including phenoxy) is 3. The molecule has 156 valence electrons. The molecule has 0 radical (unpaired) electrons. The van der Waals surface area contributed by atoms with Crippen molar-refractivity contribution in [1.29, 1.82) is 0 Å². The Balaban J connectivity index is 1.48. The lowest BCUT2D eigenvalue weighted by molar-refractivity contribution is -0.154. The maximum atomic E-state index is 12.6. The van der Waals surface area contributed by atoms with Gasteiger partial charge in [-0.15, -0.1) is 0 Å².